The predicted molar refractivity (Wildman–Crippen MR) is 124 cm³/mol. The predicted octanol–water partition coefficient (Wildman–Crippen LogP) is 3.13. The smallest absolute Gasteiger partial charge is 0.207 e. The van der Waals surface area contributed by atoms with Crippen LogP contribution >= 0.6 is 0 Å². The number of ether oxygens (including phenoxy) is 1. The lowest BCUT2D eigenvalue weighted by Gasteiger charge is -2.30. The van der Waals surface area contributed by atoms with Crippen molar-refractivity contribution in [2.75, 3.05) is 44.7 Å². The first-order valence-electron chi connectivity index (χ1n) is 11.9. The molecule has 1 aliphatic heterocycles. The first-order valence-corrected chi connectivity index (χ1v) is 11.9. The van der Waals surface area contributed by atoms with Gasteiger partial charge in [-0.3, -0.25) is 4.79 Å². The second kappa shape index (κ2) is 11.2. The molecule has 31 heavy (non-hydrogen) atoms. The molecule has 2 heterocycles. The molecule has 0 aromatic carbocycles. The van der Waals surface area contributed by atoms with Crippen molar-refractivity contribution in [3.8, 4) is 0 Å². The van der Waals surface area contributed by atoms with Crippen molar-refractivity contribution >= 4 is 12.2 Å². The highest BCUT2D eigenvalue weighted by Crippen LogP contribution is 2.27. The van der Waals surface area contributed by atoms with E-state index < -0.39 is 0 Å². The number of hydrogen-bond donors (Lipinski definition) is 1. The summed E-state index contributed by atoms with van der Waals surface area (Å²) in [6.07, 6.45) is 8.02. The molecule has 1 aromatic rings. The van der Waals surface area contributed by atoms with Gasteiger partial charge in [0.15, 0.2) is 0 Å². The number of amides is 1. The largest absolute Gasteiger partial charge is 0.378 e. The standard InChI is InChI=1S/C24H41N5O2/c1-24(2,3)23-26-21(17-31-4)16-22(27-23)29-12-5-11-28(14-15-29)13-10-19-6-8-20(9-7-19)25-18-30/h16,18-20H,5-15,17H2,1-4H3,(H,25,30). The fraction of sp³-hybridized carbons (Fsp3) is 0.792. The van der Waals surface area contributed by atoms with Crippen molar-refractivity contribution in [3.05, 3.63) is 17.6 Å². The van der Waals surface area contributed by atoms with Crippen molar-refractivity contribution in [1.82, 2.24) is 20.2 Å². The van der Waals surface area contributed by atoms with E-state index in [9.17, 15) is 4.79 Å². The van der Waals surface area contributed by atoms with E-state index in [1.165, 1.54) is 25.8 Å². The summed E-state index contributed by atoms with van der Waals surface area (Å²) >= 11 is 0. The molecule has 3 rings (SSSR count). The lowest BCUT2D eigenvalue weighted by atomic mass is 9.84. The van der Waals surface area contributed by atoms with Gasteiger partial charge >= 0.3 is 0 Å². The summed E-state index contributed by atoms with van der Waals surface area (Å²) in [5, 5.41) is 2.95. The molecule has 1 saturated heterocycles. The quantitative estimate of drug-likeness (QED) is 0.638. The Hall–Kier alpha value is -1.73. The minimum Gasteiger partial charge on any atom is -0.378 e. The Kier molecular flexibility index (Phi) is 8.67. The lowest BCUT2D eigenvalue weighted by molar-refractivity contribution is -0.110. The van der Waals surface area contributed by atoms with Gasteiger partial charge in [-0.1, -0.05) is 20.8 Å². The van der Waals surface area contributed by atoms with Gasteiger partial charge < -0.3 is 19.9 Å². The average molecular weight is 432 g/mol. The van der Waals surface area contributed by atoms with Crippen LogP contribution in [0.4, 0.5) is 5.82 Å². The summed E-state index contributed by atoms with van der Waals surface area (Å²) in [7, 11) is 1.72. The van der Waals surface area contributed by atoms with E-state index in [0.29, 0.717) is 12.6 Å². The maximum atomic E-state index is 10.6. The fourth-order valence-electron chi connectivity index (χ4n) is 4.71. The molecular formula is C24H41N5O2. The highest BCUT2D eigenvalue weighted by atomic mass is 16.5. The van der Waals surface area contributed by atoms with Crippen LogP contribution in [0.3, 0.4) is 0 Å². The average Bonchev–Trinajstić information content (AvgIpc) is 2.99. The van der Waals surface area contributed by atoms with Crippen LogP contribution in [-0.2, 0) is 21.6 Å². The molecule has 0 radical (unpaired) electrons. The minimum atomic E-state index is -0.0867. The van der Waals surface area contributed by atoms with E-state index in [1.807, 2.05) is 0 Å². The van der Waals surface area contributed by atoms with Crippen LogP contribution < -0.4 is 10.2 Å². The number of nitrogens with zero attached hydrogens (tertiary/aromatic N) is 4. The van der Waals surface area contributed by atoms with Gasteiger partial charge in [0.05, 0.1) is 12.3 Å². The number of aromatic nitrogens is 2. The third-order valence-electron chi connectivity index (χ3n) is 6.65. The molecule has 1 aliphatic carbocycles. The lowest BCUT2D eigenvalue weighted by Crippen LogP contribution is -2.35. The van der Waals surface area contributed by atoms with E-state index in [4.69, 9.17) is 14.7 Å². The van der Waals surface area contributed by atoms with Gasteiger partial charge in [-0.25, -0.2) is 9.97 Å². The van der Waals surface area contributed by atoms with E-state index in [-0.39, 0.29) is 5.41 Å². The topological polar surface area (TPSA) is 70.6 Å². The van der Waals surface area contributed by atoms with Gasteiger partial charge in [0.2, 0.25) is 6.41 Å². The molecule has 0 atom stereocenters. The van der Waals surface area contributed by atoms with E-state index >= 15 is 0 Å². The first-order chi connectivity index (χ1) is 14.9. The number of rotatable bonds is 8. The van der Waals surface area contributed by atoms with Crippen molar-refractivity contribution in [1.29, 1.82) is 0 Å². The highest BCUT2D eigenvalue weighted by molar-refractivity contribution is 5.46. The fourth-order valence-corrected chi connectivity index (χ4v) is 4.71. The van der Waals surface area contributed by atoms with Crippen LogP contribution in [0.2, 0.25) is 0 Å². The van der Waals surface area contributed by atoms with Gasteiger partial charge in [-0.15, -0.1) is 0 Å². The van der Waals surface area contributed by atoms with Gasteiger partial charge in [-0.05, 0) is 57.5 Å². The molecule has 0 spiro atoms. The summed E-state index contributed by atoms with van der Waals surface area (Å²) < 4.78 is 5.35. The Labute approximate surface area is 188 Å². The molecule has 2 aliphatic rings. The number of carbonyl (C=O) groups excluding carboxylic acids is 1. The van der Waals surface area contributed by atoms with Gasteiger partial charge in [-0.2, -0.15) is 0 Å². The van der Waals surface area contributed by atoms with Crippen molar-refractivity contribution in [2.45, 2.75) is 77.4 Å². The van der Waals surface area contributed by atoms with Gasteiger partial charge in [0.25, 0.3) is 0 Å². The molecule has 1 saturated carbocycles. The molecular weight excluding hydrogens is 390 g/mol. The van der Waals surface area contributed by atoms with Crippen molar-refractivity contribution in [2.24, 2.45) is 5.92 Å². The summed E-state index contributed by atoms with van der Waals surface area (Å²) in [5.74, 6) is 2.73. The maximum Gasteiger partial charge on any atom is 0.207 e. The summed E-state index contributed by atoms with van der Waals surface area (Å²) in [6.45, 7) is 12.5. The molecule has 0 unspecified atom stereocenters. The Morgan fingerprint density at radius 1 is 1.13 bits per heavy atom. The number of carbonyl (C=O) groups is 1. The number of nitrogens with one attached hydrogen (secondary N) is 1. The molecule has 7 heteroatoms. The van der Waals surface area contributed by atoms with E-state index in [1.54, 1.807) is 7.11 Å². The highest BCUT2D eigenvalue weighted by Gasteiger charge is 2.24. The van der Waals surface area contributed by atoms with Crippen LogP contribution in [0.15, 0.2) is 6.07 Å². The van der Waals surface area contributed by atoms with Crippen LogP contribution in [0.5, 0.6) is 0 Å². The van der Waals surface area contributed by atoms with Crippen LogP contribution in [0, 0.1) is 5.92 Å². The molecule has 174 valence electrons. The molecule has 1 aromatic heterocycles. The number of hydrogen-bond acceptors (Lipinski definition) is 6. The normalized spacial score (nSPS) is 23.4. The zero-order valence-electron chi connectivity index (χ0n) is 19.9. The Balaban J connectivity index is 1.54. The molecule has 1 N–H and O–H groups in total. The van der Waals surface area contributed by atoms with Crippen molar-refractivity contribution in [3.63, 3.8) is 0 Å². The third kappa shape index (κ3) is 7.14. The number of anilines is 1. The van der Waals surface area contributed by atoms with E-state index in [0.717, 1.165) is 75.1 Å². The first kappa shape index (κ1) is 23.9. The minimum absolute atomic E-state index is 0.0867. The Bertz CT molecular complexity index is 698. The Morgan fingerprint density at radius 3 is 2.58 bits per heavy atom. The SMILES string of the molecule is COCc1cc(N2CCCN(CCC3CCC(NC=O)CC3)CC2)nc(C(C)(C)C)n1. The second-order valence-electron chi connectivity index (χ2n) is 10.2. The molecule has 7 nitrogen and oxygen atoms in total. The summed E-state index contributed by atoms with van der Waals surface area (Å²) in [5.41, 5.74) is 0.870. The zero-order valence-corrected chi connectivity index (χ0v) is 19.9. The van der Waals surface area contributed by atoms with Gasteiger partial charge in [0, 0.05) is 44.3 Å². The number of methoxy groups -OCH3 is 1. The monoisotopic (exact) mass is 431 g/mol. The third-order valence-corrected chi connectivity index (χ3v) is 6.65. The maximum absolute atomic E-state index is 10.6. The van der Waals surface area contributed by atoms with Gasteiger partial charge in [0.1, 0.15) is 11.6 Å². The molecule has 1 amide bonds. The van der Waals surface area contributed by atoms with Crippen LogP contribution in [0.25, 0.3) is 0 Å². The van der Waals surface area contributed by atoms with Crippen LogP contribution in [-0.4, -0.2) is 67.2 Å². The second-order valence-corrected chi connectivity index (χ2v) is 10.2. The molecule has 2 fully saturated rings. The summed E-state index contributed by atoms with van der Waals surface area (Å²) in [4.78, 5) is 25.3. The summed E-state index contributed by atoms with van der Waals surface area (Å²) in [6, 6.07) is 2.49. The van der Waals surface area contributed by atoms with Crippen molar-refractivity contribution < 1.29 is 9.53 Å². The van der Waals surface area contributed by atoms with E-state index in [2.05, 4.69) is 42.0 Å². The zero-order chi connectivity index (χ0) is 22.3. The Morgan fingerprint density at radius 2 is 1.90 bits per heavy atom. The van der Waals surface area contributed by atoms with Crippen LogP contribution in [0.1, 0.15) is 70.8 Å². The molecule has 0 bridgehead atoms.